The number of esters is 1. The zero-order chi connectivity index (χ0) is 19.4. The first-order valence-electron chi connectivity index (χ1n) is 8.59. The molecule has 4 heteroatoms. The van der Waals surface area contributed by atoms with Crippen molar-refractivity contribution in [2.45, 2.75) is 20.0 Å². The third kappa shape index (κ3) is 4.34. The van der Waals surface area contributed by atoms with Crippen LogP contribution in [0.3, 0.4) is 0 Å². The molecular formula is C23H19BrO3. The van der Waals surface area contributed by atoms with Crippen LogP contribution in [0.5, 0.6) is 0 Å². The van der Waals surface area contributed by atoms with E-state index in [0.717, 1.165) is 11.1 Å². The third-order valence-electron chi connectivity index (χ3n) is 4.45. The molecule has 0 spiro atoms. The summed E-state index contributed by atoms with van der Waals surface area (Å²) in [7, 11) is 0. The molecule has 0 heterocycles. The molecule has 0 aliphatic rings. The maximum absolute atomic E-state index is 13.2. The van der Waals surface area contributed by atoms with Gasteiger partial charge in [-0.25, -0.2) is 4.79 Å². The summed E-state index contributed by atoms with van der Waals surface area (Å²) in [4.78, 5) is 25.9. The number of Topliss-reactive ketones (excluding diaryl/α,β-unsaturated/α-hetero) is 1. The van der Waals surface area contributed by atoms with Crippen LogP contribution < -0.4 is 0 Å². The Morgan fingerprint density at radius 2 is 1.52 bits per heavy atom. The molecule has 1 atom stereocenters. The Labute approximate surface area is 167 Å². The van der Waals surface area contributed by atoms with E-state index in [2.05, 4.69) is 15.9 Å². The van der Waals surface area contributed by atoms with Gasteiger partial charge in [0.05, 0.1) is 5.56 Å². The van der Waals surface area contributed by atoms with Crippen LogP contribution in [0.15, 0.2) is 77.3 Å². The number of ether oxygens (including phenoxy) is 1. The molecule has 3 nitrogen and oxygen atoms in total. The van der Waals surface area contributed by atoms with E-state index in [9.17, 15) is 9.59 Å². The fourth-order valence-corrected chi connectivity index (χ4v) is 3.19. The highest BCUT2D eigenvalue weighted by Crippen LogP contribution is 2.26. The molecular weight excluding hydrogens is 404 g/mol. The molecule has 0 saturated carbocycles. The van der Waals surface area contributed by atoms with Gasteiger partial charge >= 0.3 is 5.97 Å². The predicted molar refractivity (Wildman–Crippen MR) is 109 cm³/mol. The summed E-state index contributed by atoms with van der Waals surface area (Å²) in [6.07, 6.45) is -1.01. The Morgan fingerprint density at radius 1 is 0.852 bits per heavy atom. The van der Waals surface area contributed by atoms with E-state index in [1.165, 1.54) is 0 Å². The normalized spacial score (nSPS) is 11.7. The van der Waals surface area contributed by atoms with Crippen molar-refractivity contribution in [2.24, 2.45) is 0 Å². The van der Waals surface area contributed by atoms with E-state index in [1.54, 1.807) is 36.4 Å². The lowest BCUT2D eigenvalue weighted by atomic mass is 9.97. The van der Waals surface area contributed by atoms with Crippen LogP contribution in [0.25, 0.3) is 0 Å². The number of halogens is 1. The van der Waals surface area contributed by atoms with Crippen LogP contribution in [-0.2, 0) is 4.74 Å². The Morgan fingerprint density at radius 3 is 2.19 bits per heavy atom. The minimum absolute atomic E-state index is 0.246. The SMILES string of the molecule is Cc1ccc(C(=O)C(OC(=O)c2ccccc2Br)c2ccccc2)cc1C. The molecule has 0 aliphatic heterocycles. The molecule has 0 amide bonds. The lowest BCUT2D eigenvalue weighted by Gasteiger charge is -2.18. The van der Waals surface area contributed by atoms with E-state index in [0.29, 0.717) is 21.2 Å². The van der Waals surface area contributed by atoms with Crippen molar-refractivity contribution in [1.82, 2.24) is 0 Å². The number of hydrogen-bond acceptors (Lipinski definition) is 3. The van der Waals surface area contributed by atoms with Gasteiger partial charge in [0.1, 0.15) is 0 Å². The smallest absolute Gasteiger partial charge is 0.340 e. The van der Waals surface area contributed by atoms with E-state index in [-0.39, 0.29) is 5.78 Å². The van der Waals surface area contributed by atoms with Crippen molar-refractivity contribution < 1.29 is 14.3 Å². The summed E-state index contributed by atoms with van der Waals surface area (Å²) in [5, 5.41) is 0. The zero-order valence-electron chi connectivity index (χ0n) is 15.1. The summed E-state index contributed by atoms with van der Waals surface area (Å²) < 4.78 is 6.30. The number of ketones is 1. The second kappa shape index (κ2) is 8.31. The standard InChI is InChI=1S/C23H19BrO3/c1-15-12-13-18(14-16(15)2)21(25)22(17-8-4-3-5-9-17)27-23(26)19-10-6-7-11-20(19)24/h3-14,22H,1-2H3. The van der Waals surface area contributed by atoms with Crippen LogP contribution in [0.1, 0.15) is 43.5 Å². The molecule has 0 saturated heterocycles. The third-order valence-corrected chi connectivity index (χ3v) is 5.14. The topological polar surface area (TPSA) is 43.4 Å². The van der Waals surface area contributed by atoms with Crippen LogP contribution in [0, 0.1) is 13.8 Å². The lowest BCUT2D eigenvalue weighted by molar-refractivity contribution is 0.0279. The Balaban J connectivity index is 1.96. The summed E-state index contributed by atoms with van der Waals surface area (Å²) in [5.41, 5.74) is 3.66. The quantitative estimate of drug-likeness (QED) is 0.382. The monoisotopic (exact) mass is 422 g/mol. The van der Waals surface area contributed by atoms with E-state index >= 15 is 0 Å². The molecule has 0 aliphatic carbocycles. The van der Waals surface area contributed by atoms with Gasteiger partial charge in [0.15, 0.2) is 6.10 Å². The first kappa shape index (κ1) is 19.1. The Kier molecular flexibility index (Phi) is 5.87. The van der Waals surface area contributed by atoms with Gasteiger partial charge in [-0.2, -0.15) is 0 Å². The van der Waals surface area contributed by atoms with Gasteiger partial charge < -0.3 is 4.74 Å². The maximum atomic E-state index is 13.2. The Hall–Kier alpha value is -2.72. The lowest BCUT2D eigenvalue weighted by Crippen LogP contribution is -2.20. The molecule has 136 valence electrons. The number of rotatable bonds is 5. The van der Waals surface area contributed by atoms with E-state index in [4.69, 9.17) is 4.74 Å². The zero-order valence-corrected chi connectivity index (χ0v) is 16.7. The van der Waals surface area contributed by atoms with Gasteiger partial charge in [-0.15, -0.1) is 0 Å². The van der Waals surface area contributed by atoms with Crippen LogP contribution in [0.4, 0.5) is 0 Å². The summed E-state index contributed by atoms with van der Waals surface area (Å²) >= 11 is 3.36. The molecule has 0 bridgehead atoms. The number of carbonyl (C=O) groups excluding carboxylic acids is 2. The van der Waals surface area contributed by atoms with Gasteiger partial charge in [-0.1, -0.05) is 54.6 Å². The first-order chi connectivity index (χ1) is 13.0. The minimum Gasteiger partial charge on any atom is -0.445 e. The van der Waals surface area contributed by atoms with E-state index in [1.807, 2.05) is 50.2 Å². The Bertz CT molecular complexity index is 980. The highest BCUT2D eigenvalue weighted by molar-refractivity contribution is 9.10. The fraction of sp³-hybridized carbons (Fsp3) is 0.130. The summed E-state index contributed by atoms with van der Waals surface area (Å²) in [5.74, 6) is -0.793. The van der Waals surface area contributed by atoms with Gasteiger partial charge in [0.2, 0.25) is 5.78 Å². The van der Waals surface area contributed by atoms with Crippen LogP contribution in [0.2, 0.25) is 0 Å². The van der Waals surface area contributed by atoms with Gasteiger partial charge in [-0.05, 0) is 59.1 Å². The average Bonchev–Trinajstić information content (AvgIpc) is 2.68. The van der Waals surface area contributed by atoms with Gasteiger partial charge in [-0.3, -0.25) is 4.79 Å². The molecule has 0 N–H and O–H groups in total. The van der Waals surface area contributed by atoms with Crippen molar-refractivity contribution in [3.05, 3.63) is 105 Å². The molecule has 3 rings (SSSR count). The van der Waals surface area contributed by atoms with Crippen molar-refractivity contribution in [3.63, 3.8) is 0 Å². The van der Waals surface area contributed by atoms with Crippen molar-refractivity contribution in [1.29, 1.82) is 0 Å². The highest BCUT2D eigenvalue weighted by atomic mass is 79.9. The second-order valence-electron chi connectivity index (χ2n) is 6.34. The number of benzene rings is 3. The molecule has 3 aromatic rings. The second-order valence-corrected chi connectivity index (χ2v) is 7.19. The minimum atomic E-state index is -1.01. The number of carbonyl (C=O) groups is 2. The molecule has 0 radical (unpaired) electrons. The molecule has 0 aromatic heterocycles. The average molecular weight is 423 g/mol. The van der Waals surface area contributed by atoms with Crippen LogP contribution >= 0.6 is 15.9 Å². The van der Waals surface area contributed by atoms with Gasteiger partial charge in [0.25, 0.3) is 0 Å². The number of aryl methyl sites for hydroxylation is 2. The highest BCUT2D eigenvalue weighted by Gasteiger charge is 2.27. The van der Waals surface area contributed by atoms with Crippen molar-refractivity contribution >= 4 is 27.7 Å². The summed E-state index contributed by atoms with van der Waals surface area (Å²) in [6.45, 7) is 3.95. The molecule has 0 fully saturated rings. The largest absolute Gasteiger partial charge is 0.445 e. The molecule has 3 aromatic carbocycles. The fourth-order valence-electron chi connectivity index (χ4n) is 2.74. The molecule has 27 heavy (non-hydrogen) atoms. The number of hydrogen-bond donors (Lipinski definition) is 0. The first-order valence-corrected chi connectivity index (χ1v) is 9.38. The summed E-state index contributed by atoms with van der Waals surface area (Å²) in [6, 6.07) is 21.6. The van der Waals surface area contributed by atoms with E-state index < -0.39 is 12.1 Å². The van der Waals surface area contributed by atoms with Gasteiger partial charge in [0, 0.05) is 15.6 Å². The van der Waals surface area contributed by atoms with Crippen LogP contribution in [-0.4, -0.2) is 11.8 Å². The van der Waals surface area contributed by atoms with Crippen molar-refractivity contribution in [2.75, 3.05) is 0 Å². The predicted octanol–water partition coefficient (Wildman–Crippen LogP) is 5.85. The van der Waals surface area contributed by atoms with Crippen molar-refractivity contribution in [3.8, 4) is 0 Å². The maximum Gasteiger partial charge on any atom is 0.340 e. The molecule has 1 unspecified atom stereocenters.